The van der Waals surface area contributed by atoms with Gasteiger partial charge in [-0.25, -0.2) is 4.79 Å². The van der Waals surface area contributed by atoms with Crippen molar-refractivity contribution in [1.82, 2.24) is 0 Å². The Labute approximate surface area is 138 Å². The van der Waals surface area contributed by atoms with Gasteiger partial charge in [-0.3, -0.25) is 0 Å². The van der Waals surface area contributed by atoms with Crippen LogP contribution >= 0.6 is 0 Å². The molecule has 2 aromatic carbocycles. The van der Waals surface area contributed by atoms with E-state index >= 15 is 0 Å². The van der Waals surface area contributed by atoms with Gasteiger partial charge in [0.2, 0.25) is 0 Å². The average Bonchev–Trinajstić information content (AvgIpc) is 2.53. The Hall–Kier alpha value is -2.33. The van der Waals surface area contributed by atoms with E-state index < -0.39 is 8.32 Å². The lowest BCUT2D eigenvalue weighted by Gasteiger charge is -2.21. The minimum atomic E-state index is -2.10. The van der Waals surface area contributed by atoms with E-state index in [1.165, 1.54) is 11.6 Å². The molecule has 0 N–H and O–H groups in total. The summed E-state index contributed by atoms with van der Waals surface area (Å²) in [7, 11) is -0.487. The van der Waals surface area contributed by atoms with Crippen LogP contribution in [0.1, 0.15) is 11.1 Å². The van der Waals surface area contributed by atoms with Crippen LogP contribution in [-0.4, -0.2) is 21.4 Å². The van der Waals surface area contributed by atoms with Gasteiger partial charge in [0.05, 0.1) is 7.11 Å². The normalized spacial score (nSPS) is 11.4. The Morgan fingerprint density at radius 3 is 2.39 bits per heavy atom. The Morgan fingerprint density at radius 2 is 1.70 bits per heavy atom. The summed E-state index contributed by atoms with van der Waals surface area (Å²) in [6, 6.07) is 18.5. The third kappa shape index (κ3) is 5.42. The highest BCUT2D eigenvalue weighted by molar-refractivity contribution is 6.72. The molecule has 0 unspecified atom stereocenters. The maximum absolute atomic E-state index is 12.1. The van der Waals surface area contributed by atoms with Crippen LogP contribution in [0.5, 0.6) is 5.75 Å². The summed E-state index contributed by atoms with van der Waals surface area (Å²) >= 11 is 0. The summed E-state index contributed by atoms with van der Waals surface area (Å²) in [5.41, 5.74) is 2.06. The molecule has 0 amide bonds. The van der Waals surface area contributed by atoms with E-state index in [4.69, 9.17) is 9.16 Å². The van der Waals surface area contributed by atoms with Crippen LogP contribution < -0.4 is 4.74 Å². The minimum absolute atomic E-state index is 0.302. The van der Waals surface area contributed by atoms with Gasteiger partial charge in [0.1, 0.15) is 5.75 Å². The van der Waals surface area contributed by atoms with Gasteiger partial charge in [0.15, 0.2) is 0 Å². The average molecular weight is 326 g/mol. The number of rotatable bonds is 6. The van der Waals surface area contributed by atoms with Crippen molar-refractivity contribution in [2.24, 2.45) is 0 Å². The molecule has 0 aliphatic heterocycles. The summed E-state index contributed by atoms with van der Waals surface area (Å²) in [6.07, 6.45) is 3.20. The van der Waals surface area contributed by atoms with Gasteiger partial charge in [-0.1, -0.05) is 48.5 Å². The number of benzene rings is 2. The molecule has 0 heterocycles. The summed E-state index contributed by atoms with van der Waals surface area (Å²) in [5, 5.41) is 0. The molecular weight excluding hydrogens is 304 g/mol. The van der Waals surface area contributed by atoms with Crippen molar-refractivity contribution in [2.45, 2.75) is 19.1 Å². The van der Waals surface area contributed by atoms with E-state index in [-0.39, 0.29) is 5.97 Å². The highest BCUT2D eigenvalue weighted by Gasteiger charge is 2.26. The van der Waals surface area contributed by atoms with Gasteiger partial charge in [-0.2, -0.15) is 0 Å². The third-order valence-electron chi connectivity index (χ3n) is 3.39. The number of carbonyl (C=O) groups is 1. The van der Waals surface area contributed by atoms with Crippen molar-refractivity contribution in [2.75, 3.05) is 7.11 Å². The fraction of sp³-hybridized carbons (Fsp3) is 0.211. The molecule has 0 radical (unpaired) electrons. The zero-order chi connectivity index (χ0) is 16.7. The fourth-order valence-electron chi connectivity index (χ4n) is 2.39. The Bertz CT molecular complexity index is 678. The molecule has 0 saturated heterocycles. The maximum Gasteiger partial charge on any atom is 0.317 e. The van der Waals surface area contributed by atoms with Crippen molar-refractivity contribution in [3.63, 3.8) is 0 Å². The third-order valence-corrected chi connectivity index (χ3v) is 5.40. The summed E-state index contributed by atoms with van der Waals surface area (Å²) in [6.45, 7) is 4.10. The quantitative estimate of drug-likeness (QED) is 0.588. The summed E-state index contributed by atoms with van der Waals surface area (Å²) in [4.78, 5) is 12.1. The fourth-order valence-corrected chi connectivity index (χ4v) is 4.30. The van der Waals surface area contributed by atoms with Crippen molar-refractivity contribution < 1.29 is 14.0 Å². The number of carbonyl (C=O) groups excluding carboxylic acids is 1. The first-order chi connectivity index (χ1) is 11.0. The van der Waals surface area contributed by atoms with Crippen LogP contribution in [0.25, 0.3) is 6.08 Å². The molecular formula is C19H22O3Si. The molecule has 0 saturated carbocycles. The molecule has 23 heavy (non-hydrogen) atoms. The first-order valence-corrected chi connectivity index (χ1v) is 10.7. The van der Waals surface area contributed by atoms with E-state index in [0.29, 0.717) is 0 Å². The molecule has 2 rings (SSSR count). The maximum atomic E-state index is 12.1. The van der Waals surface area contributed by atoms with Gasteiger partial charge in [0.25, 0.3) is 8.32 Å². The Kier molecular flexibility index (Phi) is 5.76. The van der Waals surface area contributed by atoms with Gasteiger partial charge >= 0.3 is 5.97 Å². The van der Waals surface area contributed by atoms with Gasteiger partial charge < -0.3 is 9.16 Å². The van der Waals surface area contributed by atoms with Crippen LogP contribution in [0, 0.1) is 0 Å². The molecule has 0 aromatic heterocycles. The topological polar surface area (TPSA) is 35.5 Å². The van der Waals surface area contributed by atoms with Crippen LogP contribution in [0.15, 0.2) is 60.7 Å². The SMILES string of the molecule is COc1ccccc1/C=C/C(=O)O[Si](C)(C)Cc1ccccc1. The predicted molar refractivity (Wildman–Crippen MR) is 95.7 cm³/mol. The van der Waals surface area contributed by atoms with Crippen molar-refractivity contribution in [1.29, 1.82) is 0 Å². The molecule has 0 spiro atoms. The van der Waals surface area contributed by atoms with Crippen LogP contribution in [-0.2, 0) is 15.3 Å². The molecule has 0 fully saturated rings. The first-order valence-electron chi connectivity index (χ1n) is 7.58. The highest BCUT2D eigenvalue weighted by Crippen LogP contribution is 2.19. The number of methoxy groups -OCH3 is 1. The van der Waals surface area contributed by atoms with Crippen LogP contribution in [0.3, 0.4) is 0 Å². The van der Waals surface area contributed by atoms with Gasteiger partial charge in [-0.15, -0.1) is 0 Å². The van der Waals surface area contributed by atoms with Crippen molar-refractivity contribution in [3.05, 3.63) is 71.8 Å². The Balaban J connectivity index is 1.99. The summed E-state index contributed by atoms with van der Waals surface area (Å²) in [5.74, 6) is 0.431. The number of hydrogen-bond acceptors (Lipinski definition) is 3. The first kappa shape index (κ1) is 17.0. The summed E-state index contributed by atoms with van der Waals surface area (Å²) < 4.78 is 11.0. The highest BCUT2D eigenvalue weighted by atomic mass is 28.4. The molecule has 0 bridgehead atoms. The van der Waals surface area contributed by atoms with Crippen LogP contribution in [0.2, 0.25) is 13.1 Å². The second kappa shape index (κ2) is 7.79. The number of ether oxygens (including phenoxy) is 1. The van der Waals surface area contributed by atoms with E-state index in [1.54, 1.807) is 13.2 Å². The zero-order valence-corrected chi connectivity index (χ0v) is 14.8. The van der Waals surface area contributed by atoms with E-state index in [1.807, 2.05) is 42.5 Å². The van der Waals surface area contributed by atoms with Gasteiger partial charge in [-0.05, 0) is 30.8 Å². The van der Waals surface area contributed by atoms with Gasteiger partial charge in [0, 0.05) is 17.7 Å². The van der Waals surface area contributed by atoms with Crippen molar-refractivity contribution in [3.8, 4) is 5.75 Å². The molecule has 0 aliphatic rings. The minimum Gasteiger partial charge on any atom is -0.516 e. The molecule has 0 atom stereocenters. The lowest BCUT2D eigenvalue weighted by molar-refractivity contribution is -0.129. The zero-order valence-electron chi connectivity index (χ0n) is 13.8. The second-order valence-electron chi connectivity index (χ2n) is 5.92. The standard InChI is InChI=1S/C19H22O3Si/c1-21-18-12-8-7-11-17(18)13-14-19(20)22-23(2,3)15-16-9-5-4-6-10-16/h4-14H,15H2,1-3H3/b14-13+. The lowest BCUT2D eigenvalue weighted by atomic mass is 10.2. The molecule has 0 aliphatic carbocycles. The Morgan fingerprint density at radius 1 is 1.04 bits per heavy atom. The molecule has 4 heteroatoms. The van der Waals surface area contributed by atoms with Crippen molar-refractivity contribution >= 4 is 20.4 Å². The second-order valence-corrected chi connectivity index (χ2v) is 10.00. The predicted octanol–water partition coefficient (Wildman–Crippen LogP) is 4.24. The monoisotopic (exact) mass is 326 g/mol. The smallest absolute Gasteiger partial charge is 0.317 e. The van der Waals surface area contributed by atoms with Crippen LogP contribution in [0.4, 0.5) is 0 Å². The lowest BCUT2D eigenvalue weighted by Crippen LogP contribution is -2.35. The van der Waals surface area contributed by atoms with E-state index in [2.05, 4.69) is 25.2 Å². The molecule has 2 aromatic rings. The molecule has 3 nitrogen and oxygen atoms in total. The molecule has 120 valence electrons. The van der Waals surface area contributed by atoms with E-state index in [9.17, 15) is 4.79 Å². The number of para-hydroxylation sites is 1. The number of hydrogen-bond donors (Lipinski definition) is 0. The largest absolute Gasteiger partial charge is 0.516 e. The van der Waals surface area contributed by atoms with E-state index in [0.717, 1.165) is 17.4 Å².